The third-order valence-corrected chi connectivity index (χ3v) is 3.46. The van der Waals surface area contributed by atoms with Crippen LogP contribution in [0, 0.1) is 11.3 Å². The van der Waals surface area contributed by atoms with Crippen molar-refractivity contribution < 1.29 is 4.79 Å². The molecule has 104 valence electrons. The molecule has 0 aliphatic heterocycles. The molecular weight excluding hydrogens is 260 g/mol. The lowest BCUT2D eigenvalue weighted by Crippen LogP contribution is -2.38. The Balaban J connectivity index is 3.05. The molecule has 1 rings (SSSR count). The SMILES string of the molecule is CC(C)N(CCC#N)C(=O)c1snnc1C(C)(C)C. The minimum atomic E-state index is -0.212. The molecule has 0 saturated heterocycles. The van der Waals surface area contributed by atoms with Gasteiger partial charge in [0.2, 0.25) is 0 Å². The molecule has 0 spiro atoms. The molecule has 0 N–H and O–H groups in total. The smallest absolute Gasteiger partial charge is 0.267 e. The Morgan fingerprint density at radius 2 is 2.11 bits per heavy atom. The Labute approximate surface area is 118 Å². The maximum absolute atomic E-state index is 12.6. The zero-order chi connectivity index (χ0) is 14.6. The minimum absolute atomic E-state index is 0.0516. The third-order valence-electron chi connectivity index (χ3n) is 2.74. The summed E-state index contributed by atoms with van der Waals surface area (Å²) in [6.45, 7) is 10.4. The fourth-order valence-corrected chi connectivity index (χ4v) is 2.55. The van der Waals surface area contributed by atoms with Crippen LogP contribution in [0.2, 0.25) is 0 Å². The van der Waals surface area contributed by atoms with Gasteiger partial charge in [-0.25, -0.2) is 0 Å². The fraction of sp³-hybridized carbons (Fsp3) is 0.692. The summed E-state index contributed by atoms with van der Waals surface area (Å²) in [4.78, 5) is 14.9. The number of carbonyl (C=O) groups is 1. The fourth-order valence-electron chi connectivity index (χ4n) is 1.72. The first kappa shape index (κ1) is 15.6. The Bertz CT molecular complexity index is 482. The number of carbonyl (C=O) groups excluding carboxylic acids is 1. The van der Waals surface area contributed by atoms with Crippen LogP contribution >= 0.6 is 11.5 Å². The number of amides is 1. The molecule has 0 aromatic carbocycles. The van der Waals surface area contributed by atoms with Gasteiger partial charge in [0.15, 0.2) is 0 Å². The lowest BCUT2D eigenvalue weighted by atomic mass is 9.91. The maximum atomic E-state index is 12.6. The summed E-state index contributed by atoms with van der Waals surface area (Å²) in [6.07, 6.45) is 0.334. The van der Waals surface area contributed by atoms with Crippen molar-refractivity contribution in [2.45, 2.75) is 52.5 Å². The van der Waals surface area contributed by atoms with Crippen molar-refractivity contribution in [1.82, 2.24) is 14.5 Å². The molecule has 1 heterocycles. The lowest BCUT2D eigenvalue weighted by molar-refractivity contribution is 0.0712. The average molecular weight is 280 g/mol. The van der Waals surface area contributed by atoms with Gasteiger partial charge in [0.1, 0.15) is 4.88 Å². The molecular formula is C13H20N4OS. The second-order valence-electron chi connectivity index (χ2n) is 5.70. The van der Waals surface area contributed by atoms with Crippen molar-refractivity contribution >= 4 is 17.4 Å². The minimum Gasteiger partial charge on any atom is -0.334 e. The predicted octanol–water partition coefficient (Wildman–Crippen LogP) is 2.60. The Morgan fingerprint density at radius 1 is 1.47 bits per heavy atom. The van der Waals surface area contributed by atoms with Crippen LogP contribution in [0.15, 0.2) is 0 Å². The van der Waals surface area contributed by atoms with E-state index in [1.54, 1.807) is 4.90 Å². The van der Waals surface area contributed by atoms with Gasteiger partial charge < -0.3 is 4.90 Å². The van der Waals surface area contributed by atoms with E-state index in [9.17, 15) is 4.79 Å². The molecule has 1 aromatic rings. The maximum Gasteiger partial charge on any atom is 0.267 e. The Kier molecular flexibility index (Phi) is 5.01. The van der Waals surface area contributed by atoms with Crippen LogP contribution in [0.3, 0.4) is 0 Å². The number of rotatable bonds is 4. The molecule has 0 bridgehead atoms. The van der Waals surface area contributed by atoms with Crippen molar-refractivity contribution in [2.24, 2.45) is 0 Å². The van der Waals surface area contributed by atoms with Crippen LogP contribution in [0.1, 0.15) is 56.4 Å². The molecule has 6 heteroatoms. The molecule has 0 radical (unpaired) electrons. The van der Waals surface area contributed by atoms with E-state index in [1.165, 1.54) is 0 Å². The number of hydrogen-bond donors (Lipinski definition) is 0. The molecule has 0 saturated carbocycles. The number of nitriles is 1. The van der Waals surface area contributed by atoms with Crippen LogP contribution in [-0.2, 0) is 5.41 Å². The standard InChI is InChI=1S/C13H20N4OS/c1-9(2)17(8-6-7-14)12(18)10-11(13(3,4)5)15-16-19-10/h9H,6,8H2,1-5H3. The third kappa shape index (κ3) is 3.74. The Morgan fingerprint density at radius 3 is 2.58 bits per heavy atom. The summed E-state index contributed by atoms with van der Waals surface area (Å²) in [6, 6.07) is 2.13. The highest BCUT2D eigenvalue weighted by molar-refractivity contribution is 7.08. The predicted molar refractivity (Wildman–Crippen MR) is 75.0 cm³/mol. The summed E-state index contributed by atoms with van der Waals surface area (Å²) < 4.78 is 3.91. The lowest BCUT2D eigenvalue weighted by Gasteiger charge is -2.26. The summed E-state index contributed by atoms with van der Waals surface area (Å²) in [5.41, 5.74) is 0.515. The monoisotopic (exact) mass is 280 g/mol. The number of aromatic nitrogens is 2. The van der Waals surface area contributed by atoms with Crippen LogP contribution in [0.25, 0.3) is 0 Å². The van der Waals surface area contributed by atoms with Crippen LogP contribution in [0.4, 0.5) is 0 Å². The second-order valence-corrected chi connectivity index (χ2v) is 6.46. The van der Waals surface area contributed by atoms with Gasteiger partial charge in [-0.05, 0) is 25.4 Å². The summed E-state index contributed by atoms with van der Waals surface area (Å²) in [5.74, 6) is -0.0785. The van der Waals surface area contributed by atoms with Crippen molar-refractivity contribution in [3.8, 4) is 6.07 Å². The van der Waals surface area contributed by atoms with Gasteiger partial charge in [0.05, 0.1) is 18.2 Å². The van der Waals surface area contributed by atoms with Crippen molar-refractivity contribution in [3.63, 3.8) is 0 Å². The summed E-state index contributed by atoms with van der Waals surface area (Å²) in [7, 11) is 0. The van der Waals surface area contributed by atoms with Gasteiger partial charge in [-0.2, -0.15) is 5.26 Å². The van der Waals surface area contributed by atoms with Crippen molar-refractivity contribution in [3.05, 3.63) is 10.6 Å². The first-order chi connectivity index (χ1) is 8.79. The number of nitrogens with zero attached hydrogens (tertiary/aromatic N) is 4. The first-order valence-corrected chi connectivity index (χ1v) is 7.07. The normalized spacial score (nSPS) is 11.4. The van der Waals surface area contributed by atoms with Crippen molar-refractivity contribution in [1.29, 1.82) is 5.26 Å². The highest BCUT2D eigenvalue weighted by Gasteiger charge is 2.29. The highest BCUT2D eigenvalue weighted by Crippen LogP contribution is 2.27. The Hall–Kier alpha value is -1.48. The van der Waals surface area contributed by atoms with Gasteiger partial charge in [0.25, 0.3) is 5.91 Å². The molecule has 1 amide bonds. The molecule has 0 fully saturated rings. The van der Waals surface area contributed by atoms with Gasteiger partial charge >= 0.3 is 0 Å². The summed E-state index contributed by atoms with van der Waals surface area (Å²) >= 11 is 1.13. The summed E-state index contributed by atoms with van der Waals surface area (Å²) in [5, 5.41) is 12.8. The van der Waals surface area contributed by atoms with Crippen LogP contribution < -0.4 is 0 Å². The van der Waals surface area contributed by atoms with E-state index < -0.39 is 0 Å². The van der Waals surface area contributed by atoms with Gasteiger partial charge in [0, 0.05) is 18.0 Å². The molecule has 0 unspecified atom stereocenters. The second kappa shape index (κ2) is 6.11. The molecule has 0 aliphatic rings. The van der Waals surface area contributed by atoms with Gasteiger partial charge in [-0.3, -0.25) is 4.79 Å². The van der Waals surface area contributed by atoms with E-state index in [4.69, 9.17) is 5.26 Å². The van der Waals surface area contributed by atoms with E-state index in [2.05, 4.69) is 15.7 Å². The largest absolute Gasteiger partial charge is 0.334 e. The van der Waals surface area contributed by atoms with E-state index in [0.717, 1.165) is 17.2 Å². The highest BCUT2D eigenvalue weighted by atomic mass is 32.1. The van der Waals surface area contributed by atoms with E-state index in [-0.39, 0.29) is 17.4 Å². The van der Waals surface area contributed by atoms with Crippen LogP contribution in [-0.4, -0.2) is 33.0 Å². The van der Waals surface area contributed by atoms with Gasteiger partial charge in [-0.1, -0.05) is 25.3 Å². The molecule has 5 nitrogen and oxygen atoms in total. The van der Waals surface area contributed by atoms with E-state index in [1.807, 2.05) is 34.6 Å². The topological polar surface area (TPSA) is 69.9 Å². The van der Waals surface area contributed by atoms with Gasteiger partial charge in [-0.15, -0.1) is 5.10 Å². The first-order valence-electron chi connectivity index (χ1n) is 6.29. The molecule has 19 heavy (non-hydrogen) atoms. The average Bonchev–Trinajstić information content (AvgIpc) is 2.77. The molecule has 0 aliphatic carbocycles. The molecule has 0 atom stereocenters. The van der Waals surface area contributed by atoms with Crippen molar-refractivity contribution in [2.75, 3.05) is 6.54 Å². The van der Waals surface area contributed by atoms with Crippen LogP contribution in [0.5, 0.6) is 0 Å². The zero-order valence-electron chi connectivity index (χ0n) is 12.1. The number of hydrogen-bond acceptors (Lipinski definition) is 5. The van der Waals surface area contributed by atoms with E-state index in [0.29, 0.717) is 17.8 Å². The zero-order valence-corrected chi connectivity index (χ0v) is 12.9. The molecule has 1 aromatic heterocycles. The quantitative estimate of drug-likeness (QED) is 0.850. The van der Waals surface area contributed by atoms with E-state index >= 15 is 0 Å².